The zero-order valence-corrected chi connectivity index (χ0v) is 11.3. The van der Waals surface area contributed by atoms with Crippen molar-refractivity contribution in [3.63, 3.8) is 0 Å². The lowest BCUT2D eigenvalue weighted by Gasteiger charge is -2.02. The van der Waals surface area contributed by atoms with Gasteiger partial charge in [-0.3, -0.25) is 4.79 Å². The van der Waals surface area contributed by atoms with E-state index in [0.717, 1.165) is 17.1 Å². The van der Waals surface area contributed by atoms with E-state index in [4.69, 9.17) is 23.2 Å². The van der Waals surface area contributed by atoms with Crippen molar-refractivity contribution in [2.45, 2.75) is 19.9 Å². The van der Waals surface area contributed by atoms with Crippen LogP contribution < -0.4 is 5.56 Å². The van der Waals surface area contributed by atoms with Gasteiger partial charge in [-0.15, -0.1) is 11.3 Å². The molecule has 0 N–H and O–H groups in total. The summed E-state index contributed by atoms with van der Waals surface area (Å²) in [6.07, 6.45) is 2.24. The highest BCUT2D eigenvalue weighted by atomic mass is 35.5. The second kappa shape index (κ2) is 5.16. The number of aryl methyl sites for hydroxylation is 1. The summed E-state index contributed by atoms with van der Waals surface area (Å²) < 4.78 is 1.25. The van der Waals surface area contributed by atoms with E-state index in [2.05, 4.69) is 10.1 Å². The molecule has 0 radical (unpaired) electrons. The van der Waals surface area contributed by atoms with Crippen molar-refractivity contribution in [3.8, 4) is 0 Å². The Hall–Kier alpha value is -0.910. The molecule has 0 aliphatic rings. The SMILES string of the molecule is CCc1nc(Cn2ncc(Cl)c(Cl)c2=O)cs1. The molecule has 2 rings (SSSR count). The highest BCUT2D eigenvalue weighted by Gasteiger charge is 2.09. The van der Waals surface area contributed by atoms with E-state index in [1.54, 1.807) is 11.3 Å². The smallest absolute Gasteiger partial charge is 0.266 e. The number of hydrogen-bond donors (Lipinski definition) is 0. The van der Waals surface area contributed by atoms with Crippen LogP contribution in [0.3, 0.4) is 0 Å². The third-order valence-corrected chi connectivity index (χ3v) is 3.95. The normalized spacial score (nSPS) is 10.8. The molecular weight excluding hydrogens is 281 g/mol. The fraction of sp³-hybridized carbons (Fsp3) is 0.300. The summed E-state index contributed by atoms with van der Waals surface area (Å²) in [5.74, 6) is 0. The summed E-state index contributed by atoms with van der Waals surface area (Å²) in [5, 5.41) is 7.03. The molecule has 17 heavy (non-hydrogen) atoms. The van der Waals surface area contributed by atoms with Gasteiger partial charge in [0.05, 0.1) is 28.5 Å². The Labute approximate surface area is 112 Å². The van der Waals surface area contributed by atoms with Crippen LogP contribution in [0.1, 0.15) is 17.6 Å². The third kappa shape index (κ3) is 2.68. The van der Waals surface area contributed by atoms with Crippen molar-refractivity contribution in [3.05, 3.63) is 42.7 Å². The van der Waals surface area contributed by atoms with Crippen LogP contribution in [-0.2, 0) is 13.0 Å². The van der Waals surface area contributed by atoms with E-state index in [1.807, 2.05) is 12.3 Å². The Balaban J connectivity index is 2.30. The molecule has 2 heterocycles. The minimum atomic E-state index is -0.398. The summed E-state index contributed by atoms with van der Waals surface area (Å²) in [4.78, 5) is 16.1. The largest absolute Gasteiger partial charge is 0.287 e. The molecular formula is C10H9Cl2N3OS. The van der Waals surface area contributed by atoms with Gasteiger partial charge < -0.3 is 0 Å². The van der Waals surface area contributed by atoms with Crippen molar-refractivity contribution in [2.24, 2.45) is 0 Å². The zero-order valence-electron chi connectivity index (χ0n) is 8.98. The minimum absolute atomic E-state index is 0.00684. The average molecular weight is 290 g/mol. The molecule has 0 aliphatic heterocycles. The van der Waals surface area contributed by atoms with Crippen LogP contribution in [0.25, 0.3) is 0 Å². The maximum atomic E-state index is 11.7. The molecule has 2 aromatic heterocycles. The van der Waals surface area contributed by atoms with Crippen LogP contribution in [0, 0.1) is 0 Å². The van der Waals surface area contributed by atoms with Gasteiger partial charge in [-0.25, -0.2) is 9.67 Å². The Morgan fingerprint density at radius 2 is 2.24 bits per heavy atom. The highest BCUT2D eigenvalue weighted by molar-refractivity contribution is 7.09. The maximum Gasteiger partial charge on any atom is 0.287 e. The Morgan fingerprint density at radius 3 is 2.88 bits per heavy atom. The molecule has 4 nitrogen and oxygen atoms in total. The van der Waals surface area contributed by atoms with Gasteiger partial charge in [-0.1, -0.05) is 30.1 Å². The van der Waals surface area contributed by atoms with E-state index in [-0.39, 0.29) is 10.0 Å². The lowest BCUT2D eigenvalue weighted by molar-refractivity contribution is 0.629. The molecule has 0 unspecified atom stereocenters. The van der Waals surface area contributed by atoms with Crippen molar-refractivity contribution < 1.29 is 0 Å². The number of thiazole rings is 1. The summed E-state index contributed by atoms with van der Waals surface area (Å²) in [5.41, 5.74) is 0.407. The predicted molar refractivity (Wildman–Crippen MR) is 69.1 cm³/mol. The van der Waals surface area contributed by atoms with Gasteiger partial charge in [0.2, 0.25) is 0 Å². The number of nitrogens with zero attached hydrogens (tertiary/aromatic N) is 3. The molecule has 0 saturated carbocycles. The standard InChI is InChI=1S/C10H9Cl2N3OS/c1-2-8-14-6(5-17-8)4-15-10(16)9(12)7(11)3-13-15/h3,5H,2,4H2,1H3. The molecule has 0 aliphatic carbocycles. The molecule has 0 amide bonds. The zero-order chi connectivity index (χ0) is 12.4. The second-order valence-corrected chi connectivity index (χ2v) is 5.08. The molecule has 0 saturated heterocycles. The molecule has 7 heteroatoms. The van der Waals surface area contributed by atoms with Crippen molar-refractivity contribution in [1.29, 1.82) is 0 Å². The fourth-order valence-corrected chi connectivity index (χ4v) is 2.30. The highest BCUT2D eigenvalue weighted by Crippen LogP contribution is 2.15. The molecule has 0 bridgehead atoms. The summed E-state index contributed by atoms with van der Waals surface area (Å²) in [6.45, 7) is 2.35. The van der Waals surface area contributed by atoms with Gasteiger partial charge in [0, 0.05) is 5.38 Å². The van der Waals surface area contributed by atoms with Crippen LogP contribution in [0.5, 0.6) is 0 Å². The number of rotatable bonds is 3. The van der Waals surface area contributed by atoms with Gasteiger partial charge in [0.25, 0.3) is 5.56 Å². The Morgan fingerprint density at radius 1 is 1.47 bits per heavy atom. The molecule has 0 spiro atoms. The number of aromatic nitrogens is 3. The van der Waals surface area contributed by atoms with Gasteiger partial charge >= 0.3 is 0 Å². The first-order chi connectivity index (χ1) is 8.11. The first-order valence-corrected chi connectivity index (χ1v) is 6.59. The van der Waals surface area contributed by atoms with E-state index in [9.17, 15) is 4.79 Å². The molecule has 90 valence electrons. The fourth-order valence-electron chi connectivity index (χ4n) is 1.29. The van der Waals surface area contributed by atoms with E-state index < -0.39 is 5.56 Å². The molecule has 0 aromatic carbocycles. The number of hydrogen-bond acceptors (Lipinski definition) is 4. The first kappa shape index (κ1) is 12.5. The second-order valence-electron chi connectivity index (χ2n) is 3.36. The molecule has 0 fully saturated rings. The topological polar surface area (TPSA) is 47.8 Å². The van der Waals surface area contributed by atoms with Crippen molar-refractivity contribution in [2.75, 3.05) is 0 Å². The quantitative estimate of drug-likeness (QED) is 0.873. The summed E-state index contributed by atoms with van der Waals surface area (Å²) in [7, 11) is 0. The molecule has 0 atom stereocenters. The Kier molecular flexibility index (Phi) is 3.81. The maximum absolute atomic E-state index is 11.7. The average Bonchev–Trinajstić information content (AvgIpc) is 2.78. The van der Waals surface area contributed by atoms with Gasteiger partial charge in [-0.2, -0.15) is 5.10 Å². The van der Waals surface area contributed by atoms with Crippen molar-refractivity contribution >= 4 is 34.5 Å². The van der Waals surface area contributed by atoms with Crippen LogP contribution >= 0.6 is 34.5 Å². The monoisotopic (exact) mass is 289 g/mol. The van der Waals surface area contributed by atoms with E-state index in [0.29, 0.717) is 6.54 Å². The van der Waals surface area contributed by atoms with Crippen LogP contribution in [-0.4, -0.2) is 14.8 Å². The third-order valence-electron chi connectivity index (χ3n) is 2.16. The number of halogens is 2. The van der Waals surface area contributed by atoms with E-state index >= 15 is 0 Å². The van der Waals surface area contributed by atoms with Crippen LogP contribution in [0.2, 0.25) is 10.0 Å². The summed E-state index contributed by atoms with van der Waals surface area (Å²) in [6, 6.07) is 0. The predicted octanol–water partition coefficient (Wildman–Crippen LogP) is 2.62. The Bertz CT molecular complexity index is 593. The minimum Gasteiger partial charge on any atom is -0.266 e. The van der Waals surface area contributed by atoms with Gasteiger partial charge in [-0.05, 0) is 6.42 Å². The van der Waals surface area contributed by atoms with Gasteiger partial charge in [0.15, 0.2) is 0 Å². The lowest BCUT2D eigenvalue weighted by atomic mass is 10.4. The van der Waals surface area contributed by atoms with Crippen LogP contribution in [0.4, 0.5) is 0 Å². The summed E-state index contributed by atoms with van der Waals surface area (Å²) >= 11 is 13.0. The van der Waals surface area contributed by atoms with Crippen molar-refractivity contribution in [1.82, 2.24) is 14.8 Å². The van der Waals surface area contributed by atoms with E-state index in [1.165, 1.54) is 10.9 Å². The van der Waals surface area contributed by atoms with Gasteiger partial charge in [0.1, 0.15) is 5.02 Å². The van der Waals surface area contributed by atoms with Crippen LogP contribution in [0.15, 0.2) is 16.4 Å². The molecule has 2 aromatic rings. The first-order valence-electron chi connectivity index (χ1n) is 4.96. The lowest BCUT2D eigenvalue weighted by Crippen LogP contribution is -2.23.